The molecule has 1 aromatic carbocycles. The van der Waals surface area contributed by atoms with Crippen LogP contribution < -0.4 is 0 Å². The van der Waals surface area contributed by atoms with Crippen LogP contribution in [0.4, 0.5) is 17.6 Å². The molecule has 0 aliphatic rings. The van der Waals surface area contributed by atoms with Gasteiger partial charge in [-0.25, -0.2) is 14.1 Å². The van der Waals surface area contributed by atoms with Crippen molar-refractivity contribution in [3.8, 4) is 15.7 Å². The Bertz CT molecular complexity index is 1070. The first kappa shape index (κ1) is 16.2. The van der Waals surface area contributed by atoms with E-state index in [1.54, 1.807) is 12.1 Å². The summed E-state index contributed by atoms with van der Waals surface area (Å²) in [6, 6.07) is 6.85. The first-order valence-corrected chi connectivity index (χ1v) is 8.80. The molecule has 0 radical (unpaired) electrons. The van der Waals surface area contributed by atoms with Gasteiger partial charge in [-0.15, -0.1) is 22.7 Å². The number of aromatic nitrogens is 3. The van der Waals surface area contributed by atoms with Crippen LogP contribution in [-0.4, -0.2) is 14.8 Å². The Morgan fingerprint density at radius 3 is 2.60 bits per heavy atom. The van der Waals surface area contributed by atoms with Gasteiger partial charge in [0.05, 0.1) is 10.2 Å². The van der Waals surface area contributed by atoms with Crippen molar-refractivity contribution in [3.63, 3.8) is 0 Å². The van der Waals surface area contributed by atoms with Crippen LogP contribution in [0.5, 0.6) is 0 Å². The number of hydrogen-bond donors (Lipinski definition) is 0. The fourth-order valence-corrected chi connectivity index (χ4v) is 4.19. The molecule has 0 saturated heterocycles. The maximum absolute atomic E-state index is 13.4. The fraction of sp³-hybridized carbons (Fsp3) is 0.125. The minimum atomic E-state index is -4.56. The molecule has 25 heavy (non-hydrogen) atoms. The van der Waals surface area contributed by atoms with Gasteiger partial charge in [-0.1, -0.05) is 0 Å². The molecule has 3 heterocycles. The Hall–Kier alpha value is -2.26. The summed E-state index contributed by atoms with van der Waals surface area (Å²) in [5.41, 5.74) is 0.583. The lowest BCUT2D eigenvalue weighted by Gasteiger charge is -2.02. The van der Waals surface area contributed by atoms with Crippen LogP contribution in [0.1, 0.15) is 11.3 Å². The van der Waals surface area contributed by atoms with E-state index in [2.05, 4.69) is 10.1 Å². The number of hydrogen-bond acceptors (Lipinski definition) is 4. The van der Waals surface area contributed by atoms with Crippen molar-refractivity contribution in [3.05, 3.63) is 52.8 Å². The van der Waals surface area contributed by atoms with Crippen molar-refractivity contribution in [2.45, 2.75) is 13.1 Å². The Kier molecular flexibility index (Phi) is 3.66. The van der Waals surface area contributed by atoms with Crippen molar-refractivity contribution >= 4 is 32.9 Å². The number of thiazole rings is 1. The lowest BCUT2D eigenvalue weighted by molar-refractivity contribution is -0.141. The zero-order valence-electron chi connectivity index (χ0n) is 12.6. The van der Waals surface area contributed by atoms with Crippen LogP contribution in [-0.2, 0) is 6.18 Å². The number of alkyl halides is 3. The number of rotatable bonds is 2. The third-order valence-electron chi connectivity index (χ3n) is 3.49. The highest BCUT2D eigenvalue weighted by Gasteiger charge is 2.36. The highest BCUT2D eigenvalue weighted by atomic mass is 32.1. The molecule has 4 rings (SSSR count). The van der Waals surface area contributed by atoms with Gasteiger partial charge >= 0.3 is 6.18 Å². The van der Waals surface area contributed by atoms with Gasteiger partial charge in [-0.05, 0) is 42.1 Å². The second kappa shape index (κ2) is 5.63. The summed E-state index contributed by atoms with van der Waals surface area (Å²) in [5, 5.41) is 6.48. The van der Waals surface area contributed by atoms with E-state index in [9.17, 15) is 17.6 Å². The maximum Gasteiger partial charge on any atom is 0.435 e. The van der Waals surface area contributed by atoms with Crippen molar-refractivity contribution in [1.29, 1.82) is 0 Å². The Morgan fingerprint density at radius 1 is 1.12 bits per heavy atom. The second-order valence-electron chi connectivity index (χ2n) is 5.42. The number of aryl methyl sites for hydroxylation is 1. The topological polar surface area (TPSA) is 30.7 Å². The first-order valence-electron chi connectivity index (χ1n) is 7.10. The molecule has 0 N–H and O–H groups in total. The Morgan fingerprint density at radius 2 is 1.92 bits per heavy atom. The van der Waals surface area contributed by atoms with Crippen molar-refractivity contribution < 1.29 is 17.6 Å². The molecule has 0 unspecified atom stereocenters. The van der Waals surface area contributed by atoms with E-state index in [1.165, 1.54) is 39.5 Å². The lowest BCUT2D eigenvalue weighted by atomic mass is 10.3. The molecule has 0 saturated carbocycles. The summed E-state index contributed by atoms with van der Waals surface area (Å²) in [6.45, 7) is 1.86. The molecule has 0 amide bonds. The summed E-state index contributed by atoms with van der Waals surface area (Å²) in [6.07, 6.45) is -4.56. The van der Waals surface area contributed by atoms with E-state index in [0.717, 1.165) is 11.6 Å². The number of benzene rings is 1. The summed E-state index contributed by atoms with van der Waals surface area (Å²) >= 11 is 2.49. The SMILES string of the molecule is Cc1csc(-n2nc(C(F)(F)F)cc2-c2nc3cc(F)ccc3s2)c1. The minimum Gasteiger partial charge on any atom is -0.234 e. The van der Waals surface area contributed by atoms with Crippen molar-refractivity contribution in [2.24, 2.45) is 0 Å². The molecular weight excluding hydrogens is 374 g/mol. The van der Waals surface area contributed by atoms with Crippen LogP contribution >= 0.6 is 22.7 Å². The summed E-state index contributed by atoms with van der Waals surface area (Å²) < 4.78 is 54.7. The molecule has 9 heteroatoms. The van der Waals surface area contributed by atoms with E-state index in [1.807, 2.05) is 12.3 Å². The Balaban J connectivity index is 1.93. The molecule has 4 aromatic rings. The van der Waals surface area contributed by atoms with Crippen molar-refractivity contribution in [1.82, 2.24) is 14.8 Å². The monoisotopic (exact) mass is 383 g/mol. The van der Waals surface area contributed by atoms with Gasteiger partial charge in [0.2, 0.25) is 0 Å². The lowest BCUT2D eigenvalue weighted by Crippen LogP contribution is -2.06. The molecule has 0 aliphatic carbocycles. The standard InChI is InChI=1S/C16H9F4N3S2/c1-8-4-14(24-7-8)23-11(6-13(22-23)16(18,19)20)15-21-10-5-9(17)2-3-12(10)25-15/h2-7H,1H3. The summed E-state index contributed by atoms with van der Waals surface area (Å²) in [7, 11) is 0. The minimum absolute atomic E-state index is 0.232. The molecule has 0 fully saturated rings. The van der Waals surface area contributed by atoms with Gasteiger partial charge in [0.15, 0.2) is 5.69 Å². The molecule has 128 valence electrons. The fourth-order valence-electron chi connectivity index (χ4n) is 2.38. The quantitative estimate of drug-likeness (QED) is 0.417. The van der Waals surface area contributed by atoms with Gasteiger partial charge < -0.3 is 0 Å². The maximum atomic E-state index is 13.4. The predicted molar refractivity (Wildman–Crippen MR) is 89.8 cm³/mol. The molecule has 0 atom stereocenters. The van der Waals surface area contributed by atoms with Gasteiger partial charge in [-0.2, -0.15) is 18.3 Å². The zero-order chi connectivity index (χ0) is 17.8. The predicted octanol–water partition coefficient (Wildman–Crippen LogP) is 5.68. The van der Waals surface area contributed by atoms with E-state index in [0.29, 0.717) is 20.2 Å². The van der Waals surface area contributed by atoms with Gasteiger partial charge in [0.25, 0.3) is 0 Å². The highest BCUT2D eigenvalue weighted by Crippen LogP contribution is 2.37. The van der Waals surface area contributed by atoms with E-state index in [-0.39, 0.29) is 5.69 Å². The number of nitrogens with zero attached hydrogens (tertiary/aromatic N) is 3. The molecule has 3 nitrogen and oxygen atoms in total. The van der Waals surface area contributed by atoms with E-state index < -0.39 is 17.7 Å². The first-order chi connectivity index (χ1) is 11.8. The molecule has 0 aliphatic heterocycles. The molecule has 3 aromatic heterocycles. The highest BCUT2D eigenvalue weighted by molar-refractivity contribution is 7.21. The smallest absolute Gasteiger partial charge is 0.234 e. The van der Waals surface area contributed by atoms with Gasteiger partial charge in [0, 0.05) is 6.07 Å². The van der Waals surface area contributed by atoms with Crippen LogP contribution in [0, 0.1) is 12.7 Å². The van der Waals surface area contributed by atoms with Gasteiger partial charge in [0.1, 0.15) is 21.5 Å². The third-order valence-corrected chi connectivity index (χ3v) is 5.57. The average Bonchev–Trinajstić information content (AvgIpc) is 3.21. The summed E-state index contributed by atoms with van der Waals surface area (Å²) in [5.74, 6) is -0.442. The number of halogens is 4. The van der Waals surface area contributed by atoms with E-state index >= 15 is 0 Å². The third kappa shape index (κ3) is 2.93. The largest absolute Gasteiger partial charge is 0.435 e. The normalized spacial score (nSPS) is 12.2. The van der Waals surface area contributed by atoms with Crippen LogP contribution in [0.2, 0.25) is 0 Å². The van der Waals surface area contributed by atoms with E-state index in [4.69, 9.17) is 0 Å². The van der Waals surface area contributed by atoms with Crippen LogP contribution in [0.25, 0.3) is 25.9 Å². The summed E-state index contributed by atoms with van der Waals surface area (Å²) in [4.78, 5) is 4.29. The van der Waals surface area contributed by atoms with Gasteiger partial charge in [-0.3, -0.25) is 0 Å². The number of thiophene rings is 1. The zero-order valence-corrected chi connectivity index (χ0v) is 14.3. The molecule has 0 spiro atoms. The Labute approximate surface area is 147 Å². The average molecular weight is 383 g/mol. The second-order valence-corrected chi connectivity index (χ2v) is 7.34. The molecular formula is C16H9F4N3S2. The van der Waals surface area contributed by atoms with Crippen LogP contribution in [0.3, 0.4) is 0 Å². The van der Waals surface area contributed by atoms with Crippen molar-refractivity contribution in [2.75, 3.05) is 0 Å². The number of fused-ring (bicyclic) bond motifs is 1. The van der Waals surface area contributed by atoms with Crippen LogP contribution in [0.15, 0.2) is 35.7 Å². The molecule has 0 bridgehead atoms.